The van der Waals surface area contributed by atoms with E-state index < -0.39 is 27.9 Å². The van der Waals surface area contributed by atoms with Gasteiger partial charge in [-0.05, 0) is 6.42 Å². The fourth-order valence-corrected chi connectivity index (χ4v) is 1.86. The number of nitrogen functional groups attached to an aromatic ring is 1. The van der Waals surface area contributed by atoms with Crippen LogP contribution in [0.5, 0.6) is 0 Å². The summed E-state index contributed by atoms with van der Waals surface area (Å²) in [6.07, 6.45) is 1.07. The minimum atomic E-state index is -1.10. The maximum absolute atomic E-state index is 13.9. The van der Waals surface area contributed by atoms with E-state index in [0.29, 0.717) is 30.7 Å². The number of anilines is 1. The minimum absolute atomic E-state index is 0.0601. The Hall–Kier alpha value is -2.58. The summed E-state index contributed by atoms with van der Waals surface area (Å²) in [7, 11) is 0. The first-order valence-corrected chi connectivity index (χ1v) is 5.79. The van der Waals surface area contributed by atoms with Crippen LogP contribution in [0.2, 0.25) is 0 Å². The van der Waals surface area contributed by atoms with Gasteiger partial charge in [-0.25, -0.2) is 13.5 Å². The van der Waals surface area contributed by atoms with Gasteiger partial charge in [-0.15, -0.1) is 5.10 Å². The molecule has 0 unspecified atom stereocenters. The van der Waals surface area contributed by atoms with Crippen LogP contribution in [-0.4, -0.2) is 19.9 Å². The maximum Gasteiger partial charge on any atom is 0.300 e. The number of benzene rings is 1. The van der Waals surface area contributed by atoms with Gasteiger partial charge in [0.25, 0.3) is 0 Å². The van der Waals surface area contributed by atoms with Gasteiger partial charge in [0, 0.05) is 6.07 Å². The molecule has 0 bridgehead atoms. The Morgan fingerprint density at radius 1 is 1.45 bits per heavy atom. The number of nitro groups is 1. The number of aromatic nitrogens is 3. The van der Waals surface area contributed by atoms with Gasteiger partial charge in [-0.2, -0.15) is 0 Å². The predicted octanol–water partition coefficient (Wildman–Crippen LogP) is 1.99. The Morgan fingerprint density at radius 2 is 2.15 bits per heavy atom. The van der Waals surface area contributed by atoms with E-state index in [1.54, 1.807) is 0 Å². The van der Waals surface area contributed by atoms with E-state index in [4.69, 9.17) is 5.73 Å². The SMILES string of the molecule is CCCc1c(N)nnn1-c1c(F)cc(F)cc1[N+](=O)[O-]. The summed E-state index contributed by atoms with van der Waals surface area (Å²) in [5.74, 6) is -2.08. The molecule has 7 nitrogen and oxygen atoms in total. The summed E-state index contributed by atoms with van der Waals surface area (Å²) >= 11 is 0. The Kier molecular flexibility index (Phi) is 3.59. The summed E-state index contributed by atoms with van der Waals surface area (Å²) in [6.45, 7) is 1.85. The first-order chi connectivity index (χ1) is 9.45. The van der Waals surface area contributed by atoms with E-state index in [9.17, 15) is 18.9 Å². The highest BCUT2D eigenvalue weighted by atomic mass is 19.1. The van der Waals surface area contributed by atoms with E-state index in [1.165, 1.54) is 0 Å². The molecule has 2 aromatic rings. The van der Waals surface area contributed by atoms with Gasteiger partial charge in [0.2, 0.25) is 0 Å². The number of halogens is 2. The molecule has 0 radical (unpaired) electrons. The van der Waals surface area contributed by atoms with Crippen LogP contribution in [0.25, 0.3) is 5.69 Å². The number of rotatable bonds is 4. The Morgan fingerprint density at radius 3 is 2.75 bits per heavy atom. The maximum atomic E-state index is 13.9. The zero-order valence-corrected chi connectivity index (χ0v) is 10.5. The van der Waals surface area contributed by atoms with Crippen LogP contribution in [0, 0.1) is 21.7 Å². The molecule has 106 valence electrons. The van der Waals surface area contributed by atoms with E-state index in [0.717, 1.165) is 4.68 Å². The lowest BCUT2D eigenvalue weighted by molar-refractivity contribution is -0.385. The Bertz CT molecular complexity index is 671. The van der Waals surface area contributed by atoms with Crippen LogP contribution in [0.3, 0.4) is 0 Å². The first-order valence-electron chi connectivity index (χ1n) is 5.79. The highest BCUT2D eigenvalue weighted by molar-refractivity contribution is 5.55. The zero-order valence-electron chi connectivity index (χ0n) is 10.5. The Balaban J connectivity index is 2.72. The zero-order chi connectivity index (χ0) is 14.9. The fraction of sp³-hybridized carbons (Fsp3) is 0.273. The summed E-state index contributed by atoms with van der Waals surface area (Å²) in [5, 5.41) is 18.2. The van der Waals surface area contributed by atoms with Crippen LogP contribution >= 0.6 is 0 Å². The molecule has 1 aromatic carbocycles. The highest BCUT2D eigenvalue weighted by Crippen LogP contribution is 2.29. The number of nitrogens with zero attached hydrogens (tertiary/aromatic N) is 4. The van der Waals surface area contributed by atoms with Crippen molar-refractivity contribution in [3.8, 4) is 5.69 Å². The van der Waals surface area contributed by atoms with Crippen molar-refractivity contribution in [1.29, 1.82) is 0 Å². The van der Waals surface area contributed by atoms with Crippen molar-refractivity contribution < 1.29 is 13.7 Å². The molecule has 20 heavy (non-hydrogen) atoms. The lowest BCUT2D eigenvalue weighted by Gasteiger charge is -2.08. The van der Waals surface area contributed by atoms with E-state index in [2.05, 4.69) is 10.3 Å². The summed E-state index contributed by atoms with van der Waals surface area (Å²) in [5.41, 5.74) is 4.76. The smallest absolute Gasteiger partial charge is 0.300 e. The van der Waals surface area contributed by atoms with Gasteiger partial charge in [0.1, 0.15) is 5.82 Å². The normalized spacial score (nSPS) is 10.8. The van der Waals surface area contributed by atoms with E-state index >= 15 is 0 Å². The molecule has 0 saturated heterocycles. The van der Waals surface area contributed by atoms with Gasteiger partial charge in [-0.3, -0.25) is 10.1 Å². The van der Waals surface area contributed by atoms with Crippen LogP contribution in [-0.2, 0) is 6.42 Å². The minimum Gasteiger partial charge on any atom is -0.381 e. The second-order valence-corrected chi connectivity index (χ2v) is 4.10. The van der Waals surface area contributed by atoms with Crippen molar-refractivity contribution in [2.45, 2.75) is 19.8 Å². The van der Waals surface area contributed by atoms with Gasteiger partial charge >= 0.3 is 5.69 Å². The van der Waals surface area contributed by atoms with Gasteiger partial charge in [-0.1, -0.05) is 18.6 Å². The van der Waals surface area contributed by atoms with E-state index in [-0.39, 0.29) is 5.82 Å². The third-order valence-electron chi connectivity index (χ3n) is 2.70. The summed E-state index contributed by atoms with van der Waals surface area (Å²) in [4.78, 5) is 10.1. The quantitative estimate of drug-likeness (QED) is 0.683. The average molecular weight is 283 g/mol. The van der Waals surface area contributed by atoms with Crippen molar-refractivity contribution in [3.05, 3.63) is 39.6 Å². The molecule has 1 heterocycles. The van der Waals surface area contributed by atoms with Crippen molar-refractivity contribution in [2.24, 2.45) is 0 Å². The van der Waals surface area contributed by atoms with Crippen molar-refractivity contribution >= 4 is 11.5 Å². The van der Waals surface area contributed by atoms with Gasteiger partial charge in [0.15, 0.2) is 17.3 Å². The number of hydrogen-bond acceptors (Lipinski definition) is 5. The molecule has 9 heteroatoms. The molecule has 0 atom stereocenters. The van der Waals surface area contributed by atoms with Crippen LogP contribution in [0.1, 0.15) is 19.0 Å². The summed E-state index contributed by atoms with van der Waals surface area (Å²) < 4.78 is 28.0. The lowest BCUT2D eigenvalue weighted by Crippen LogP contribution is -2.09. The number of nitro benzene ring substituents is 1. The fourth-order valence-electron chi connectivity index (χ4n) is 1.86. The molecule has 2 rings (SSSR count). The van der Waals surface area contributed by atoms with Gasteiger partial charge < -0.3 is 5.73 Å². The molecule has 0 aliphatic carbocycles. The van der Waals surface area contributed by atoms with Gasteiger partial charge in [0.05, 0.1) is 16.7 Å². The monoisotopic (exact) mass is 283 g/mol. The van der Waals surface area contributed by atoms with Crippen LogP contribution in [0.15, 0.2) is 12.1 Å². The molecule has 2 N–H and O–H groups in total. The molecule has 1 aromatic heterocycles. The predicted molar refractivity (Wildman–Crippen MR) is 66.3 cm³/mol. The molecule has 0 fully saturated rings. The molecule has 0 aliphatic heterocycles. The molecule has 0 saturated carbocycles. The van der Waals surface area contributed by atoms with Crippen LogP contribution < -0.4 is 5.73 Å². The van der Waals surface area contributed by atoms with E-state index in [1.807, 2.05) is 6.92 Å². The largest absolute Gasteiger partial charge is 0.381 e. The molecule has 0 spiro atoms. The number of hydrogen-bond donors (Lipinski definition) is 1. The third kappa shape index (κ3) is 2.29. The molecule has 0 aliphatic rings. The highest BCUT2D eigenvalue weighted by Gasteiger charge is 2.25. The number of nitrogens with two attached hydrogens (primary N) is 1. The first kappa shape index (κ1) is 13.8. The average Bonchev–Trinajstić information content (AvgIpc) is 2.71. The second-order valence-electron chi connectivity index (χ2n) is 4.10. The van der Waals surface area contributed by atoms with Crippen molar-refractivity contribution in [3.63, 3.8) is 0 Å². The van der Waals surface area contributed by atoms with Crippen LogP contribution in [0.4, 0.5) is 20.3 Å². The Labute approximate surface area is 112 Å². The van der Waals surface area contributed by atoms with Crippen molar-refractivity contribution in [2.75, 3.05) is 5.73 Å². The summed E-state index contributed by atoms with van der Waals surface area (Å²) in [6, 6.07) is 1.18. The molecular formula is C11H11F2N5O2. The standard InChI is InChI=1S/C11H11F2N5O2/c1-2-3-8-11(14)15-16-17(8)10-7(13)4-6(12)5-9(10)18(19)20/h4-5H,2-3,14H2,1H3. The molecular weight excluding hydrogens is 272 g/mol. The topological polar surface area (TPSA) is 99.9 Å². The molecule has 0 amide bonds. The third-order valence-corrected chi connectivity index (χ3v) is 2.70. The van der Waals surface area contributed by atoms with Crippen molar-refractivity contribution in [1.82, 2.24) is 15.0 Å². The second kappa shape index (κ2) is 5.19. The lowest BCUT2D eigenvalue weighted by atomic mass is 10.2.